The molecule has 0 saturated heterocycles. The van der Waals surface area contributed by atoms with Crippen LogP contribution in [0.15, 0.2) is 0 Å². The third-order valence-corrected chi connectivity index (χ3v) is 3.51. The Morgan fingerprint density at radius 3 is 2.18 bits per heavy atom. The van der Waals surface area contributed by atoms with E-state index in [0.717, 1.165) is 25.6 Å². The first kappa shape index (κ1) is 16.4. The number of carbonyl (C=O) groups excluding carboxylic acids is 1. The van der Waals surface area contributed by atoms with Gasteiger partial charge in [0.2, 0.25) is 5.91 Å². The average molecular weight is 242 g/mol. The van der Waals surface area contributed by atoms with E-state index in [0.29, 0.717) is 6.54 Å². The molecular weight excluding hydrogens is 212 g/mol. The molecule has 0 aliphatic rings. The average Bonchev–Trinajstić information content (AvgIpc) is 2.35. The molecule has 0 atom stereocenters. The summed E-state index contributed by atoms with van der Waals surface area (Å²) in [6.45, 7) is 11.6. The van der Waals surface area contributed by atoms with E-state index in [9.17, 15) is 4.79 Å². The van der Waals surface area contributed by atoms with Crippen molar-refractivity contribution in [1.29, 1.82) is 0 Å². The highest BCUT2D eigenvalue weighted by Gasteiger charge is 2.08. The smallest absolute Gasteiger partial charge is 0.236 e. The molecule has 0 aliphatic heterocycles. The SMILES string of the molecule is CCC(CC)CCCNCC(=O)N(CC)CC. The van der Waals surface area contributed by atoms with E-state index < -0.39 is 0 Å². The van der Waals surface area contributed by atoms with E-state index in [4.69, 9.17) is 0 Å². The fraction of sp³-hybridized carbons (Fsp3) is 0.929. The zero-order valence-corrected chi connectivity index (χ0v) is 12.1. The lowest BCUT2D eigenvalue weighted by molar-refractivity contribution is -0.129. The van der Waals surface area contributed by atoms with Crippen molar-refractivity contribution in [3.05, 3.63) is 0 Å². The Kier molecular flexibility index (Phi) is 10.2. The minimum Gasteiger partial charge on any atom is -0.342 e. The van der Waals surface area contributed by atoms with Crippen molar-refractivity contribution >= 4 is 5.91 Å². The van der Waals surface area contributed by atoms with Gasteiger partial charge in [-0.3, -0.25) is 4.79 Å². The topological polar surface area (TPSA) is 32.3 Å². The standard InChI is InChI=1S/C14H30N2O/c1-5-13(6-2)10-9-11-15-12-14(17)16(7-3)8-4/h13,15H,5-12H2,1-4H3. The van der Waals surface area contributed by atoms with E-state index in [-0.39, 0.29) is 5.91 Å². The first-order valence-electron chi connectivity index (χ1n) is 7.17. The second kappa shape index (κ2) is 10.6. The van der Waals surface area contributed by atoms with Gasteiger partial charge in [0.25, 0.3) is 0 Å². The fourth-order valence-electron chi connectivity index (χ4n) is 2.10. The lowest BCUT2D eigenvalue weighted by Crippen LogP contribution is -2.38. The Hall–Kier alpha value is -0.570. The Bertz CT molecular complexity index is 187. The monoisotopic (exact) mass is 242 g/mol. The van der Waals surface area contributed by atoms with Gasteiger partial charge in [-0.05, 0) is 39.2 Å². The van der Waals surface area contributed by atoms with E-state index in [1.807, 2.05) is 18.7 Å². The van der Waals surface area contributed by atoms with E-state index in [1.54, 1.807) is 0 Å². The number of carbonyl (C=O) groups is 1. The lowest BCUT2D eigenvalue weighted by atomic mass is 9.98. The van der Waals surface area contributed by atoms with Crippen molar-refractivity contribution < 1.29 is 4.79 Å². The summed E-state index contributed by atoms with van der Waals surface area (Å²) in [5, 5.41) is 3.25. The van der Waals surface area contributed by atoms with Gasteiger partial charge in [0, 0.05) is 13.1 Å². The summed E-state index contributed by atoms with van der Waals surface area (Å²) in [5.41, 5.74) is 0. The van der Waals surface area contributed by atoms with Gasteiger partial charge >= 0.3 is 0 Å². The number of likely N-dealkylation sites (N-methyl/N-ethyl adjacent to an activating group) is 1. The maximum absolute atomic E-state index is 11.7. The summed E-state index contributed by atoms with van der Waals surface area (Å²) in [7, 11) is 0. The minimum absolute atomic E-state index is 0.220. The summed E-state index contributed by atoms with van der Waals surface area (Å²) in [6.07, 6.45) is 5.00. The van der Waals surface area contributed by atoms with Crippen LogP contribution in [0.5, 0.6) is 0 Å². The van der Waals surface area contributed by atoms with Crippen LogP contribution in [-0.2, 0) is 4.79 Å². The molecule has 0 rings (SSSR count). The predicted octanol–water partition coefficient (Wildman–Crippen LogP) is 2.66. The van der Waals surface area contributed by atoms with E-state index in [2.05, 4.69) is 19.2 Å². The molecule has 0 aromatic heterocycles. The largest absolute Gasteiger partial charge is 0.342 e. The number of amides is 1. The van der Waals surface area contributed by atoms with Crippen LogP contribution in [0.25, 0.3) is 0 Å². The first-order chi connectivity index (χ1) is 8.19. The highest BCUT2D eigenvalue weighted by atomic mass is 16.2. The highest BCUT2D eigenvalue weighted by molar-refractivity contribution is 5.78. The number of hydrogen-bond donors (Lipinski definition) is 1. The Balaban J connectivity index is 3.54. The van der Waals surface area contributed by atoms with Crippen molar-refractivity contribution in [3.63, 3.8) is 0 Å². The fourth-order valence-corrected chi connectivity index (χ4v) is 2.10. The second-order valence-electron chi connectivity index (χ2n) is 4.57. The summed E-state index contributed by atoms with van der Waals surface area (Å²) in [6, 6.07) is 0. The van der Waals surface area contributed by atoms with Gasteiger partial charge in [0.15, 0.2) is 0 Å². The Labute approximate surface area is 107 Å². The molecule has 0 unspecified atom stereocenters. The highest BCUT2D eigenvalue weighted by Crippen LogP contribution is 2.13. The number of nitrogens with zero attached hydrogens (tertiary/aromatic N) is 1. The Morgan fingerprint density at radius 2 is 1.71 bits per heavy atom. The summed E-state index contributed by atoms with van der Waals surface area (Å²) in [4.78, 5) is 13.5. The van der Waals surface area contributed by atoms with Crippen molar-refractivity contribution in [3.8, 4) is 0 Å². The Morgan fingerprint density at radius 1 is 1.12 bits per heavy atom. The van der Waals surface area contributed by atoms with Crippen LogP contribution >= 0.6 is 0 Å². The molecule has 1 amide bonds. The van der Waals surface area contributed by atoms with Crippen LogP contribution in [0.2, 0.25) is 0 Å². The predicted molar refractivity (Wildman–Crippen MR) is 74.1 cm³/mol. The molecule has 0 heterocycles. The normalized spacial score (nSPS) is 10.9. The number of nitrogens with one attached hydrogen (secondary N) is 1. The lowest BCUT2D eigenvalue weighted by Gasteiger charge is -2.19. The first-order valence-corrected chi connectivity index (χ1v) is 7.17. The molecule has 3 heteroatoms. The van der Waals surface area contributed by atoms with Crippen LogP contribution in [0.4, 0.5) is 0 Å². The van der Waals surface area contributed by atoms with Crippen LogP contribution in [0.3, 0.4) is 0 Å². The van der Waals surface area contributed by atoms with Crippen LogP contribution in [0, 0.1) is 5.92 Å². The second-order valence-corrected chi connectivity index (χ2v) is 4.57. The van der Waals surface area contributed by atoms with E-state index >= 15 is 0 Å². The van der Waals surface area contributed by atoms with Gasteiger partial charge in [-0.1, -0.05) is 26.7 Å². The maximum Gasteiger partial charge on any atom is 0.236 e. The van der Waals surface area contributed by atoms with Gasteiger partial charge in [0.1, 0.15) is 0 Å². The van der Waals surface area contributed by atoms with Crippen LogP contribution in [0.1, 0.15) is 53.4 Å². The van der Waals surface area contributed by atoms with Crippen LogP contribution < -0.4 is 5.32 Å². The third-order valence-electron chi connectivity index (χ3n) is 3.51. The van der Waals surface area contributed by atoms with Gasteiger partial charge < -0.3 is 10.2 Å². The maximum atomic E-state index is 11.7. The third kappa shape index (κ3) is 7.37. The molecule has 0 bridgehead atoms. The molecule has 3 nitrogen and oxygen atoms in total. The van der Waals surface area contributed by atoms with E-state index in [1.165, 1.54) is 25.7 Å². The van der Waals surface area contributed by atoms with Gasteiger partial charge in [-0.15, -0.1) is 0 Å². The van der Waals surface area contributed by atoms with Gasteiger partial charge in [-0.2, -0.15) is 0 Å². The van der Waals surface area contributed by atoms with Crippen molar-refractivity contribution in [2.75, 3.05) is 26.2 Å². The summed E-state index contributed by atoms with van der Waals surface area (Å²) >= 11 is 0. The molecule has 0 aromatic carbocycles. The molecule has 0 radical (unpaired) electrons. The quantitative estimate of drug-likeness (QED) is 0.597. The number of hydrogen-bond acceptors (Lipinski definition) is 2. The molecule has 0 fully saturated rings. The van der Waals surface area contributed by atoms with Crippen molar-refractivity contribution in [2.24, 2.45) is 5.92 Å². The van der Waals surface area contributed by atoms with Crippen molar-refractivity contribution in [1.82, 2.24) is 10.2 Å². The molecular formula is C14H30N2O. The zero-order valence-electron chi connectivity index (χ0n) is 12.1. The van der Waals surface area contributed by atoms with Crippen LogP contribution in [-0.4, -0.2) is 37.0 Å². The molecule has 0 spiro atoms. The van der Waals surface area contributed by atoms with Crippen molar-refractivity contribution in [2.45, 2.75) is 53.4 Å². The molecule has 0 saturated carbocycles. The summed E-state index contributed by atoms with van der Waals surface area (Å²) < 4.78 is 0. The number of rotatable bonds is 10. The van der Waals surface area contributed by atoms with Gasteiger partial charge in [0.05, 0.1) is 6.54 Å². The minimum atomic E-state index is 0.220. The molecule has 0 aromatic rings. The van der Waals surface area contributed by atoms with Gasteiger partial charge in [-0.25, -0.2) is 0 Å². The molecule has 1 N–H and O–H groups in total. The molecule has 17 heavy (non-hydrogen) atoms. The molecule has 0 aliphatic carbocycles. The summed E-state index contributed by atoms with van der Waals surface area (Å²) in [5.74, 6) is 1.08. The molecule has 102 valence electrons. The zero-order chi connectivity index (χ0) is 13.1.